The predicted octanol–water partition coefficient (Wildman–Crippen LogP) is 3.02. The zero-order chi connectivity index (χ0) is 20.3. The molecule has 0 saturated carbocycles. The average Bonchev–Trinajstić information content (AvgIpc) is 3.08. The third-order valence-corrected chi connectivity index (χ3v) is 4.91. The maximum atomic E-state index is 13.5. The molecular weight excluding hydrogens is 373 g/mol. The third-order valence-electron chi connectivity index (χ3n) is 4.91. The Labute approximate surface area is 160 Å². The molecule has 0 radical (unpaired) electrons. The van der Waals surface area contributed by atoms with E-state index in [9.17, 15) is 28.2 Å². The van der Waals surface area contributed by atoms with Crippen LogP contribution in [0.15, 0.2) is 48.5 Å². The van der Waals surface area contributed by atoms with E-state index in [1.165, 1.54) is 18.2 Å². The second-order valence-electron chi connectivity index (χ2n) is 6.98. The number of hydrogen-bond acceptors (Lipinski definition) is 4. The SMILES string of the molecule is O=C(NCc1ccc(O)c(O)c1)[C@@H]1CN(Cc2ccccc2)C[C@H]1C(F)(F)F. The lowest BCUT2D eigenvalue weighted by Gasteiger charge is -2.20. The fourth-order valence-electron chi connectivity index (χ4n) is 3.45. The Bertz CT molecular complexity index is 827. The van der Waals surface area contributed by atoms with Crippen LogP contribution < -0.4 is 5.32 Å². The van der Waals surface area contributed by atoms with Crippen molar-refractivity contribution in [3.05, 3.63) is 59.7 Å². The van der Waals surface area contributed by atoms with Crippen LogP contribution in [0.4, 0.5) is 13.2 Å². The minimum Gasteiger partial charge on any atom is -0.504 e. The van der Waals surface area contributed by atoms with E-state index in [-0.39, 0.29) is 31.1 Å². The smallest absolute Gasteiger partial charge is 0.393 e. The summed E-state index contributed by atoms with van der Waals surface area (Å²) in [6.07, 6.45) is -4.47. The van der Waals surface area contributed by atoms with Crippen LogP contribution in [0.3, 0.4) is 0 Å². The summed E-state index contributed by atoms with van der Waals surface area (Å²) >= 11 is 0. The van der Waals surface area contributed by atoms with Gasteiger partial charge in [-0.1, -0.05) is 36.4 Å². The van der Waals surface area contributed by atoms with Gasteiger partial charge in [0.15, 0.2) is 11.5 Å². The lowest BCUT2D eigenvalue weighted by molar-refractivity contribution is -0.183. The van der Waals surface area contributed by atoms with Gasteiger partial charge in [-0.25, -0.2) is 0 Å². The van der Waals surface area contributed by atoms with Crippen molar-refractivity contribution in [3.8, 4) is 11.5 Å². The van der Waals surface area contributed by atoms with E-state index < -0.39 is 23.9 Å². The number of alkyl halides is 3. The van der Waals surface area contributed by atoms with Crippen LogP contribution in [-0.4, -0.2) is 40.3 Å². The standard InChI is InChI=1S/C20H21F3N2O3/c21-20(22,23)16-12-25(10-13-4-2-1-3-5-13)11-15(16)19(28)24-9-14-6-7-17(26)18(27)8-14/h1-8,15-16,26-27H,9-12H2,(H,24,28)/t15-,16-/m1/s1. The lowest BCUT2D eigenvalue weighted by atomic mass is 9.94. The Morgan fingerprint density at radius 1 is 1.04 bits per heavy atom. The van der Waals surface area contributed by atoms with Crippen molar-refractivity contribution in [1.82, 2.24) is 10.2 Å². The highest BCUT2D eigenvalue weighted by molar-refractivity contribution is 5.79. The molecule has 2 atom stereocenters. The molecule has 0 aromatic heterocycles. The van der Waals surface area contributed by atoms with Gasteiger partial charge in [-0.05, 0) is 23.3 Å². The Morgan fingerprint density at radius 3 is 2.39 bits per heavy atom. The summed E-state index contributed by atoms with van der Waals surface area (Å²) in [6, 6.07) is 13.2. The van der Waals surface area contributed by atoms with Crippen LogP contribution in [0, 0.1) is 11.8 Å². The first kappa shape index (κ1) is 20.0. The summed E-state index contributed by atoms with van der Waals surface area (Å²) in [6.45, 7) is 0.109. The first-order chi connectivity index (χ1) is 13.2. The van der Waals surface area contributed by atoms with Gasteiger partial charge in [0, 0.05) is 26.2 Å². The molecule has 8 heteroatoms. The average molecular weight is 394 g/mol. The molecule has 0 unspecified atom stereocenters. The van der Waals surface area contributed by atoms with Crippen molar-refractivity contribution in [2.24, 2.45) is 11.8 Å². The summed E-state index contributed by atoms with van der Waals surface area (Å²) in [5, 5.41) is 21.3. The topological polar surface area (TPSA) is 72.8 Å². The van der Waals surface area contributed by atoms with E-state index in [1.54, 1.807) is 4.90 Å². The molecule has 2 aromatic rings. The number of hydrogen-bond donors (Lipinski definition) is 3. The molecule has 1 saturated heterocycles. The molecule has 0 bridgehead atoms. The Hall–Kier alpha value is -2.74. The fourth-order valence-corrected chi connectivity index (χ4v) is 3.45. The van der Waals surface area contributed by atoms with Crippen molar-refractivity contribution in [2.75, 3.05) is 13.1 Å². The molecule has 1 aliphatic heterocycles. The van der Waals surface area contributed by atoms with Gasteiger partial charge in [0.1, 0.15) is 0 Å². The van der Waals surface area contributed by atoms with Gasteiger partial charge in [0.2, 0.25) is 5.91 Å². The van der Waals surface area contributed by atoms with Gasteiger partial charge in [-0.3, -0.25) is 9.69 Å². The van der Waals surface area contributed by atoms with Gasteiger partial charge in [0.25, 0.3) is 0 Å². The van der Waals surface area contributed by atoms with E-state index in [0.717, 1.165) is 5.56 Å². The summed E-state index contributed by atoms with van der Waals surface area (Å²) in [5.41, 5.74) is 1.37. The van der Waals surface area contributed by atoms with Gasteiger partial charge >= 0.3 is 6.18 Å². The van der Waals surface area contributed by atoms with Crippen LogP contribution >= 0.6 is 0 Å². The van der Waals surface area contributed by atoms with Gasteiger partial charge in [0.05, 0.1) is 11.8 Å². The van der Waals surface area contributed by atoms with Gasteiger partial charge in [-0.2, -0.15) is 13.2 Å². The molecular formula is C20H21F3N2O3. The Kier molecular flexibility index (Phi) is 5.79. The zero-order valence-corrected chi connectivity index (χ0v) is 15.0. The van der Waals surface area contributed by atoms with Crippen LogP contribution in [0.5, 0.6) is 11.5 Å². The Balaban J connectivity index is 1.66. The molecule has 28 heavy (non-hydrogen) atoms. The molecule has 0 aliphatic carbocycles. The minimum atomic E-state index is -4.47. The first-order valence-corrected chi connectivity index (χ1v) is 8.85. The van der Waals surface area contributed by atoms with Gasteiger partial charge < -0.3 is 15.5 Å². The molecule has 2 aromatic carbocycles. The maximum Gasteiger partial charge on any atom is 0.393 e. The van der Waals surface area contributed by atoms with E-state index in [1.807, 2.05) is 30.3 Å². The molecule has 3 rings (SSSR count). The van der Waals surface area contributed by atoms with E-state index >= 15 is 0 Å². The molecule has 150 valence electrons. The fraction of sp³-hybridized carbons (Fsp3) is 0.350. The van der Waals surface area contributed by atoms with Crippen molar-refractivity contribution >= 4 is 5.91 Å². The molecule has 1 amide bonds. The number of likely N-dealkylation sites (tertiary alicyclic amines) is 1. The molecule has 5 nitrogen and oxygen atoms in total. The van der Waals surface area contributed by atoms with E-state index in [2.05, 4.69) is 5.32 Å². The number of halogens is 3. The van der Waals surface area contributed by atoms with Gasteiger partial charge in [-0.15, -0.1) is 0 Å². The highest BCUT2D eigenvalue weighted by atomic mass is 19.4. The zero-order valence-electron chi connectivity index (χ0n) is 15.0. The number of rotatable bonds is 5. The number of nitrogens with one attached hydrogen (secondary N) is 1. The second-order valence-corrected chi connectivity index (χ2v) is 6.98. The van der Waals surface area contributed by atoms with Crippen LogP contribution in [0.25, 0.3) is 0 Å². The summed E-state index contributed by atoms with van der Waals surface area (Å²) < 4.78 is 40.4. The first-order valence-electron chi connectivity index (χ1n) is 8.85. The largest absolute Gasteiger partial charge is 0.504 e. The maximum absolute atomic E-state index is 13.5. The van der Waals surface area contributed by atoms with E-state index in [4.69, 9.17) is 0 Å². The van der Waals surface area contributed by atoms with Crippen LogP contribution in [0.1, 0.15) is 11.1 Å². The molecule has 1 fully saturated rings. The summed E-state index contributed by atoms with van der Waals surface area (Å²) in [4.78, 5) is 14.1. The van der Waals surface area contributed by atoms with Crippen molar-refractivity contribution < 1.29 is 28.2 Å². The molecule has 0 spiro atoms. The summed E-state index contributed by atoms with van der Waals surface area (Å²) in [5.74, 6) is -4.27. The monoisotopic (exact) mass is 394 g/mol. The number of nitrogens with zero attached hydrogens (tertiary/aromatic N) is 1. The normalized spacial score (nSPS) is 20.2. The van der Waals surface area contributed by atoms with Crippen LogP contribution in [0.2, 0.25) is 0 Å². The highest BCUT2D eigenvalue weighted by Crippen LogP contribution is 2.38. The number of carbonyl (C=O) groups excluding carboxylic acids is 1. The number of aromatic hydroxyl groups is 2. The summed E-state index contributed by atoms with van der Waals surface area (Å²) in [7, 11) is 0. The number of carbonyl (C=O) groups is 1. The van der Waals surface area contributed by atoms with Crippen molar-refractivity contribution in [2.45, 2.75) is 19.3 Å². The number of phenolic OH excluding ortho intramolecular Hbond substituents is 2. The quantitative estimate of drug-likeness (QED) is 0.682. The molecule has 1 aliphatic rings. The Morgan fingerprint density at radius 2 is 1.75 bits per heavy atom. The van der Waals surface area contributed by atoms with E-state index in [0.29, 0.717) is 12.1 Å². The number of phenols is 2. The lowest BCUT2D eigenvalue weighted by Crippen LogP contribution is -2.39. The number of amides is 1. The van der Waals surface area contributed by atoms with Crippen LogP contribution in [-0.2, 0) is 17.9 Å². The third kappa shape index (κ3) is 4.75. The molecule has 3 N–H and O–H groups in total. The highest BCUT2D eigenvalue weighted by Gasteiger charge is 2.52. The van der Waals surface area contributed by atoms with Crippen molar-refractivity contribution in [1.29, 1.82) is 0 Å². The second kappa shape index (κ2) is 8.10. The minimum absolute atomic E-state index is 0.0196. The predicted molar refractivity (Wildman–Crippen MR) is 96.4 cm³/mol. The van der Waals surface area contributed by atoms with Crippen molar-refractivity contribution in [3.63, 3.8) is 0 Å². The number of benzene rings is 2. The molecule has 1 heterocycles.